The van der Waals surface area contributed by atoms with Gasteiger partial charge >= 0.3 is 6.09 Å². The molecule has 0 bridgehead atoms. The predicted octanol–water partition coefficient (Wildman–Crippen LogP) is 2.83. The van der Waals surface area contributed by atoms with Gasteiger partial charge in [-0.25, -0.2) is 9.78 Å². The predicted molar refractivity (Wildman–Crippen MR) is 56.8 cm³/mol. The molecule has 1 N–H and O–H groups in total. The van der Waals surface area contributed by atoms with Crippen molar-refractivity contribution in [1.29, 1.82) is 0 Å². The molecule has 0 fully saturated rings. The van der Waals surface area contributed by atoms with Gasteiger partial charge in [-0.3, -0.25) is 5.32 Å². The first-order valence-corrected chi connectivity index (χ1v) is 5.40. The quantitative estimate of drug-likeness (QED) is 0.841. The van der Waals surface area contributed by atoms with Crippen molar-refractivity contribution >= 4 is 22.6 Å². The summed E-state index contributed by atoms with van der Waals surface area (Å²) < 4.78 is 4.73. The molecule has 0 spiro atoms. The number of ether oxygens (including phenoxy) is 1. The van der Waals surface area contributed by atoms with Gasteiger partial charge in [-0.2, -0.15) is 0 Å². The first kappa shape index (κ1) is 11.0. The van der Waals surface area contributed by atoms with Gasteiger partial charge in [0.25, 0.3) is 0 Å². The van der Waals surface area contributed by atoms with E-state index in [0.29, 0.717) is 17.7 Å². The summed E-state index contributed by atoms with van der Waals surface area (Å²) in [5.41, 5.74) is 0.988. The van der Waals surface area contributed by atoms with Crippen molar-refractivity contribution in [3.8, 4) is 0 Å². The van der Waals surface area contributed by atoms with Crippen LogP contribution < -0.4 is 5.32 Å². The maximum atomic E-state index is 11.0. The van der Waals surface area contributed by atoms with Crippen LogP contribution in [0.5, 0.6) is 0 Å². The second-order valence-corrected chi connectivity index (χ2v) is 3.94. The van der Waals surface area contributed by atoms with Gasteiger partial charge in [0, 0.05) is 5.38 Å². The number of hydrogen-bond acceptors (Lipinski definition) is 4. The third-order valence-corrected chi connectivity index (χ3v) is 2.37. The summed E-state index contributed by atoms with van der Waals surface area (Å²) >= 11 is 1.41. The summed E-state index contributed by atoms with van der Waals surface area (Å²) in [6, 6.07) is 0. The Kier molecular flexibility index (Phi) is 3.88. The SMILES string of the molecule is CCOC(=O)Nc1nc(C(C)C)cs1. The molecule has 0 aliphatic carbocycles. The Bertz CT molecular complexity index is 310. The van der Waals surface area contributed by atoms with Crippen LogP contribution in [0.4, 0.5) is 9.93 Å². The van der Waals surface area contributed by atoms with E-state index in [-0.39, 0.29) is 0 Å². The second-order valence-electron chi connectivity index (χ2n) is 3.08. The maximum absolute atomic E-state index is 11.0. The van der Waals surface area contributed by atoms with Gasteiger partial charge in [-0.05, 0) is 12.8 Å². The van der Waals surface area contributed by atoms with E-state index in [1.54, 1.807) is 6.92 Å². The van der Waals surface area contributed by atoms with Crippen LogP contribution >= 0.6 is 11.3 Å². The van der Waals surface area contributed by atoms with Crippen LogP contribution in [0.2, 0.25) is 0 Å². The lowest BCUT2D eigenvalue weighted by atomic mass is 10.2. The molecule has 4 nitrogen and oxygen atoms in total. The van der Waals surface area contributed by atoms with Crippen molar-refractivity contribution < 1.29 is 9.53 Å². The van der Waals surface area contributed by atoms with Crippen molar-refractivity contribution in [1.82, 2.24) is 4.98 Å². The van der Waals surface area contributed by atoms with Crippen LogP contribution in [0.15, 0.2) is 5.38 Å². The van der Waals surface area contributed by atoms with Crippen molar-refractivity contribution in [2.24, 2.45) is 0 Å². The van der Waals surface area contributed by atoms with Crippen molar-refractivity contribution in [2.75, 3.05) is 11.9 Å². The topological polar surface area (TPSA) is 51.2 Å². The molecule has 0 saturated carbocycles. The van der Waals surface area contributed by atoms with Crippen molar-refractivity contribution in [2.45, 2.75) is 26.7 Å². The van der Waals surface area contributed by atoms with Gasteiger partial charge in [-0.1, -0.05) is 13.8 Å². The van der Waals surface area contributed by atoms with E-state index < -0.39 is 6.09 Å². The summed E-state index contributed by atoms with van der Waals surface area (Å²) in [6.45, 7) is 6.25. The highest BCUT2D eigenvalue weighted by Crippen LogP contribution is 2.21. The van der Waals surface area contributed by atoms with E-state index in [1.165, 1.54) is 11.3 Å². The van der Waals surface area contributed by atoms with Gasteiger partial charge in [-0.15, -0.1) is 11.3 Å². The fourth-order valence-corrected chi connectivity index (χ4v) is 1.72. The van der Waals surface area contributed by atoms with Gasteiger partial charge in [0.2, 0.25) is 0 Å². The Balaban J connectivity index is 2.55. The number of nitrogens with zero attached hydrogens (tertiary/aromatic N) is 1. The third-order valence-electron chi connectivity index (χ3n) is 1.60. The molecule has 0 aliphatic heterocycles. The summed E-state index contributed by atoms with van der Waals surface area (Å²) in [5, 5.41) is 5.09. The highest BCUT2D eigenvalue weighted by molar-refractivity contribution is 7.13. The maximum Gasteiger partial charge on any atom is 0.413 e. The number of amides is 1. The molecule has 0 radical (unpaired) electrons. The lowest BCUT2D eigenvalue weighted by Gasteiger charge is -2.01. The number of anilines is 1. The monoisotopic (exact) mass is 214 g/mol. The van der Waals surface area contributed by atoms with Crippen LogP contribution in [0.25, 0.3) is 0 Å². The lowest BCUT2D eigenvalue weighted by Crippen LogP contribution is -2.13. The number of hydrogen-bond donors (Lipinski definition) is 1. The van der Waals surface area contributed by atoms with Gasteiger partial charge in [0.05, 0.1) is 12.3 Å². The minimum absolute atomic E-state index is 0.369. The van der Waals surface area contributed by atoms with E-state index in [9.17, 15) is 4.79 Å². The third kappa shape index (κ3) is 2.99. The molecule has 0 atom stereocenters. The Morgan fingerprint density at radius 2 is 2.43 bits per heavy atom. The first-order chi connectivity index (χ1) is 6.63. The number of aromatic nitrogens is 1. The summed E-state index contributed by atoms with van der Waals surface area (Å²) in [5.74, 6) is 0.379. The van der Waals surface area contributed by atoms with Gasteiger partial charge in [0.15, 0.2) is 5.13 Å². The lowest BCUT2D eigenvalue weighted by molar-refractivity contribution is 0.168. The molecule has 1 aromatic heterocycles. The summed E-state index contributed by atoms with van der Waals surface area (Å²) in [7, 11) is 0. The molecule has 0 unspecified atom stereocenters. The van der Waals surface area contributed by atoms with Crippen LogP contribution in [-0.4, -0.2) is 17.7 Å². The summed E-state index contributed by atoms with van der Waals surface area (Å²) in [6.07, 6.45) is -0.447. The largest absolute Gasteiger partial charge is 0.450 e. The zero-order chi connectivity index (χ0) is 10.6. The molecule has 1 aromatic rings. The molecule has 0 saturated heterocycles. The molecule has 5 heteroatoms. The first-order valence-electron chi connectivity index (χ1n) is 4.52. The average molecular weight is 214 g/mol. The number of thiazole rings is 1. The highest BCUT2D eigenvalue weighted by atomic mass is 32.1. The van der Waals surface area contributed by atoms with E-state index in [2.05, 4.69) is 24.1 Å². The molecule has 0 aromatic carbocycles. The van der Waals surface area contributed by atoms with Gasteiger partial charge < -0.3 is 4.74 Å². The molecule has 14 heavy (non-hydrogen) atoms. The molecule has 1 amide bonds. The number of carbonyl (C=O) groups excluding carboxylic acids is 1. The highest BCUT2D eigenvalue weighted by Gasteiger charge is 2.08. The van der Waals surface area contributed by atoms with Crippen molar-refractivity contribution in [3.63, 3.8) is 0 Å². The number of carbonyl (C=O) groups is 1. The van der Waals surface area contributed by atoms with E-state index in [0.717, 1.165) is 5.69 Å². The zero-order valence-corrected chi connectivity index (χ0v) is 9.35. The van der Waals surface area contributed by atoms with Crippen LogP contribution in [0.1, 0.15) is 32.4 Å². The van der Waals surface area contributed by atoms with Crippen molar-refractivity contribution in [3.05, 3.63) is 11.1 Å². The molecule has 1 rings (SSSR count). The normalized spacial score (nSPS) is 10.3. The molecule has 0 aliphatic rings. The zero-order valence-electron chi connectivity index (χ0n) is 8.53. The fraction of sp³-hybridized carbons (Fsp3) is 0.556. The van der Waals surface area contributed by atoms with E-state index in [4.69, 9.17) is 4.74 Å². The minimum atomic E-state index is -0.447. The standard InChI is InChI=1S/C9H14N2O2S/c1-4-13-9(12)11-8-10-7(5-14-8)6(2)3/h5-6H,4H2,1-3H3,(H,10,11,12). The smallest absolute Gasteiger partial charge is 0.413 e. The molecule has 78 valence electrons. The molecular weight excluding hydrogens is 200 g/mol. The number of rotatable bonds is 3. The Labute approximate surface area is 87.3 Å². The second kappa shape index (κ2) is 4.95. The Morgan fingerprint density at radius 1 is 1.71 bits per heavy atom. The fourth-order valence-electron chi connectivity index (χ4n) is 0.863. The summed E-state index contributed by atoms with van der Waals surface area (Å²) in [4.78, 5) is 15.3. The van der Waals surface area contributed by atoms with E-state index >= 15 is 0 Å². The van der Waals surface area contributed by atoms with Crippen LogP contribution in [0, 0.1) is 0 Å². The van der Waals surface area contributed by atoms with Crippen LogP contribution in [0.3, 0.4) is 0 Å². The minimum Gasteiger partial charge on any atom is -0.450 e. The van der Waals surface area contributed by atoms with E-state index in [1.807, 2.05) is 5.38 Å². The molecule has 1 heterocycles. The van der Waals surface area contributed by atoms with Gasteiger partial charge in [0.1, 0.15) is 0 Å². The van der Waals surface area contributed by atoms with Crippen LogP contribution in [-0.2, 0) is 4.74 Å². The number of nitrogens with one attached hydrogen (secondary N) is 1. The molecular formula is C9H14N2O2S. The Morgan fingerprint density at radius 3 is 2.93 bits per heavy atom. The average Bonchev–Trinajstić information content (AvgIpc) is 2.53. The Hall–Kier alpha value is -1.10.